The van der Waals surface area contributed by atoms with Gasteiger partial charge in [0.2, 0.25) is 5.91 Å². The van der Waals surface area contributed by atoms with E-state index < -0.39 is 0 Å². The van der Waals surface area contributed by atoms with Crippen molar-refractivity contribution in [2.24, 2.45) is 5.92 Å². The van der Waals surface area contributed by atoms with Crippen molar-refractivity contribution < 1.29 is 9.53 Å². The Balaban J connectivity index is 1.23. The van der Waals surface area contributed by atoms with Gasteiger partial charge in [0, 0.05) is 19.3 Å². The molecule has 0 bridgehead atoms. The number of hydrogen-bond acceptors (Lipinski definition) is 3. The molecular formula is C25H29N3O2. The minimum absolute atomic E-state index is 0.205. The molecule has 1 aliphatic heterocycles. The Morgan fingerprint density at radius 3 is 2.47 bits per heavy atom. The molecule has 156 valence electrons. The molecule has 0 N–H and O–H groups in total. The zero-order valence-electron chi connectivity index (χ0n) is 17.5. The molecule has 1 fully saturated rings. The zero-order valence-corrected chi connectivity index (χ0v) is 17.5. The molecule has 1 aliphatic rings. The predicted molar refractivity (Wildman–Crippen MR) is 118 cm³/mol. The molecule has 1 aromatic heterocycles. The highest BCUT2D eigenvalue weighted by molar-refractivity contribution is 5.78. The fourth-order valence-electron chi connectivity index (χ4n) is 4.09. The number of para-hydroxylation sites is 1. The lowest BCUT2D eigenvalue weighted by atomic mass is 9.90. The van der Waals surface area contributed by atoms with Crippen molar-refractivity contribution in [3.63, 3.8) is 0 Å². The number of ether oxygens (including phenoxy) is 1. The third-order valence-electron chi connectivity index (χ3n) is 5.98. The molecule has 30 heavy (non-hydrogen) atoms. The fraction of sp³-hybridized carbons (Fsp3) is 0.360. The third-order valence-corrected chi connectivity index (χ3v) is 5.98. The van der Waals surface area contributed by atoms with Gasteiger partial charge in [0.15, 0.2) is 0 Å². The molecule has 0 atom stereocenters. The van der Waals surface area contributed by atoms with E-state index in [4.69, 9.17) is 4.74 Å². The molecular weight excluding hydrogens is 374 g/mol. The molecule has 5 heteroatoms. The SMILES string of the molecule is COc1ccc(CCC2CCN(C(=O)Cc3cnn(-c4ccccc4)c3)CC2)cc1. The second-order valence-corrected chi connectivity index (χ2v) is 8.02. The van der Waals surface area contributed by atoms with Gasteiger partial charge in [0.05, 0.1) is 25.4 Å². The molecule has 1 amide bonds. The highest BCUT2D eigenvalue weighted by atomic mass is 16.5. The topological polar surface area (TPSA) is 47.4 Å². The van der Waals surface area contributed by atoms with Gasteiger partial charge in [0.1, 0.15) is 5.75 Å². The van der Waals surface area contributed by atoms with Crippen LogP contribution in [-0.2, 0) is 17.6 Å². The van der Waals surface area contributed by atoms with Crippen molar-refractivity contribution in [3.8, 4) is 11.4 Å². The summed E-state index contributed by atoms with van der Waals surface area (Å²) in [5.74, 6) is 1.80. The maximum absolute atomic E-state index is 12.7. The van der Waals surface area contributed by atoms with Gasteiger partial charge in [-0.05, 0) is 67.0 Å². The number of hydrogen-bond donors (Lipinski definition) is 0. The zero-order chi connectivity index (χ0) is 20.8. The van der Waals surface area contributed by atoms with E-state index in [0.29, 0.717) is 12.3 Å². The summed E-state index contributed by atoms with van der Waals surface area (Å²) in [6.07, 6.45) is 8.61. The van der Waals surface area contributed by atoms with Gasteiger partial charge in [-0.25, -0.2) is 4.68 Å². The average molecular weight is 404 g/mol. The lowest BCUT2D eigenvalue weighted by molar-refractivity contribution is -0.131. The number of piperidine rings is 1. The van der Waals surface area contributed by atoms with Crippen molar-refractivity contribution in [1.29, 1.82) is 0 Å². The second kappa shape index (κ2) is 9.61. The first-order valence-electron chi connectivity index (χ1n) is 10.7. The number of aryl methyl sites for hydroxylation is 1. The summed E-state index contributed by atoms with van der Waals surface area (Å²) >= 11 is 0. The van der Waals surface area contributed by atoms with E-state index in [0.717, 1.165) is 49.4 Å². The van der Waals surface area contributed by atoms with E-state index in [1.807, 2.05) is 58.2 Å². The van der Waals surface area contributed by atoms with Crippen molar-refractivity contribution in [2.45, 2.75) is 32.1 Å². The van der Waals surface area contributed by atoms with Crippen molar-refractivity contribution in [2.75, 3.05) is 20.2 Å². The summed E-state index contributed by atoms with van der Waals surface area (Å²) in [6.45, 7) is 1.72. The molecule has 2 heterocycles. The standard InChI is InChI=1S/C25H29N3O2/c1-30-24-11-9-20(10-12-24)7-8-21-13-15-27(16-14-21)25(29)17-22-18-26-28(19-22)23-5-3-2-4-6-23/h2-6,9-12,18-19,21H,7-8,13-17H2,1H3. The van der Waals surface area contributed by atoms with Crippen molar-refractivity contribution in [1.82, 2.24) is 14.7 Å². The van der Waals surface area contributed by atoms with E-state index in [2.05, 4.69) is 17.2 Å². The van der Waals surface area contributed by atoms with Crippen LogP contribution in [0.15, 0.2) is 67.0 Å². The number of carbonyl (C=O) groups is 1. The van der Waals surface area contributed by atoms with Crippen LogP contribution in [0.1, 0.15) is 30.4 Å². The monoisotopic (exact) mass is 403 g/mol. The van der Waals surface area contributed by atoms with Gasteiger partial charge >= 0.3 is 0 Å². The molecule has 0 spiro atoms. The lowest BCUT2D eigenvalue weighted by Gasteiger charge is -2.32. The van der Waals surface area contributed by atoms with Gasteiger partial charge in [-0.1, -0.05) is 30.3 Å². The van der Waals surface area contributed by atoms with Gasteiger partial charge in [-0.2, -0.15) is 5.10 Å². The highest BCUT2D eigenvalue weighted by Crippen LogP contribution is 2.24. The molecule has 3 aromatic rings. The summed E-state index contributed by atoms with van der Waals surface area (Å²) in [5, 5.41) is 4.40. The summed E-state index contributed by atoms with van der Waals surface area (Å²) in [6, 6.07) is 18.3. The van der Waals surface area contributed by atoms with Crippen LogP contribution in [0.2, 0.25) is 0 Å². The molecule has 4 rings (SSSR count). The normalized spacial score (nSPS) is 14.6. The first-order chi connectivity index (χ1) is 14.7. The summed E-state index contributed by atoms with van der Waals surface area (Å²) < 4.78 is 7.05. The largest absolute Gasteiger partial charge is 0.497 e. The molecule has 0 saturated carbocycles. The Hall–Kier alpha value is -3.08. The molecule has 0 unspecified atom stereocenters. The maximum atomic E-state index is 12.7. The Bertz CT molecular complexity index is 942. The lowest BCUT2D eigenvalue weighted by Crippen LogP contribution is -2.39. The first-order valence-corrected chi connectivity index (χ1v) is 10.7. The Morgan fingerprint density at radius 1 is 1.03 bits per heavy atom. The van der Waals surface area contributed by atoms with Crippen LogP contribution in [0.3, 0.4) is 0 Å². The molecule has 2 aromatic carbocycles. The number of amides is 1. The van der Waals surface area contributed by atoms with Gasteiger partial charge < -0.3 is 9.64 Å². The van der Waals surface area contributed by atoms with E-state index in [-0.39, 0.29) is 5.91 Å². The van der Waals surface area contributed by atoms with Crippen LogP contribution in [0.25, 0.3) is 5.69 Å². The smallest absolute Gasteiger partial charge is 0.227 e. The number of aromatic nitrogens is 2. The van der Waals surface area contributed by atoms with Crippen LogP contribution in [-0.4, -0.2) is 40.8 Å². The van der Waals surface area contributed by atoms with Gasteiger partial charge in [-0.3, -0.25) is 4.79 Å². The molecule has 1 saturated heterocycles. The van der Waals surface area contributed by atoms with E-state index >= 15 is 0 Å². The van der Waals surface area contributed by atoms with Crippen molar-refractivity contribution >= 4 is 5.91 Å². The van der Waals surface area contributed by atoms with Crippen LogP contribution < -0.4 is 4.74 Å². The highest BCUT2D eigenvalue weighted by Gasteiger charge is 2.23. The molecule has 5 nitrogen and oxygen atoms in total. The van der Waals surface area contributed by atoms with E-state index in [1.165, 1.54) is 12.0 Å². The van der Waals surface area contributed by atoms with E-state index in [9.17, 15) is 4.79 Å². The Labute approximate surface area is 178 Å². The number of benzene rings is 2. The summed E-state index contributed by atoms with van der Waals surface area (Å²) in [7, 11) is 1.69. The van der Waals surface area contributed by atoms with Crippen molar-refractivity contribution in [3.05, 3.63) is 78.1 Å². The number of methoxy groups -OCH3 is 1. The quantitative estimate of drug-likeness (QED) is 0.591. The number of nitrogens with zero attached hydrogens (tertiary/aromatic N) is 3. The number of rotatable bonds is 7. The minimum atomic E-state index is 0.205. The second-order valence-electron chi connectivity index (χ2n) is 8.02. The summed E-state index contributed by atoms with van der Waals surface area (Å²) in [5.41, 5.74) is 3.32. The van der Waals surface area contributed by atoms with Gasteiger partial charge in [0.25, 0.3) is 0 Å². The van der Waals surface area contributed by atoms with Crippen LogP contribution in [0.4, 0.5) is 0 Å². The maximum Gasteiger partial charge on any atom is 0.227 e. The minimum Gasteiger partial charge on any atom is -0.497 e. The Kier molecular flexibility index (Phi) is 6.47. The summed E-state index contributed by atoms with van der Waals surface area (Å²) in [4.78, 5) is 14.8. The average Bonchev–Trinajstić information content (AvgIpc) is 3.27. The first kappa shape index (κ1) is 20.2. The van der Waals surface area contributed by atoms with Crippen LogP contribution in [0.5, 0.6) is 5.75 Å². The fourth-order valence-corrected chi connectivity index (χ4v) is 4.09. The predicted octanol–water partition coefficient (Wildman–Crippen LogP) is 4.29. The number of likely N-dealkylation sites (tertiary alicyclic amines) is 1. The third kappa shape index (κ3) is 5.09. The van der Waals surface area contributed by atoms with Crippen LogP contribution in [0, 0.1) is 5.92 Å². The number of carbonyl (C=O) groups excluding carboxylic acids is 1. The Morgan fingerprint density at radius 2 is 1.77 bits per heavy atom. The molecule has 0 aliphatic carbocycles. The molecule has 0 radical (unpaired) electrons. The van der Waals surface area contributed by atoms with E-state index in [1.54, 1.807) is 13.3 Å². The van der Waals surface area contributed by atoms with Gasteiger partial charge in [-0.15, -0.1) is 0 Å². The van der Waals surface area contributed by atoms with Crippen LogP contribution >= 0.6 is 0 Å².